The third kappa shape index (κ3) is 14.2. The zero-order valence-corrected chi connectivity index (χ0v) is 45.7. The molecule has 2 amide bonds. The van der Waals surface area contributed by atoms with Crippen LogP contribution in [0.2, 0.25) is 0 Å². The predicted molar refractivity (Wildman–Crippen MR) is 276 cm³/mol. The van der Waals surface area contributed by atoms with E-state index in [-0.39, 0.29) is 85.9 Å². The summed E-state index contributed by atoms with van der Waals surface area (Å²) >= 11 is 0. The molecule has 2 fully saturated rings. The van der Waals surface area contributed by atoms with E-state index in [1.54, 1.807) is 34.5 Å². The monoisotopic (exact) mass is 1100 g/mol. The number of ether oxygens (including phenoxy) is 2. The Morgan fingerprint density at radius 2 is 1.23 bits per heavy atom. The highest BCUT2D eigenvalue weighted by molar-refractivity contribution is 7.91. The second-order valence-corrected chi connectivity index (χ2v) is 25.6. The number of nitrogens with one attached hydrogen (secondary N) is 3. The Hall–Kier alpha value is -5.32. The number of benzene rings is 2. The SMILES string of the molecule is CCn1nc(C(=O)NCC2CCC(S(C)(=O)=O)CC2)c(CCCn2nc(C(=O)NCC3CCC(S(C)(=O)=O)CC3)c(C)c2-c2ccc(CC(C)(C)C(F)(F)F)cc2OC)c1-c1ccc(N[C@H](C)C(F)(F)F)cc1OC. The van der Waals surface area contributed by atoms with Gasteiger partial charge in [-0.25, -0.2) is 16.8 Å². The number of rotatable bonds is 21. The molecule has 2 heterocycles. The largest absolute Gasteiger partial charge is 0.496 e. The van der Waals surface area contributed by atoms with Crippen molar-refractivity contribution in [3.8, 4) is 34.0 Å². The molecule has 6 rings (SSSR count). The Morgan fingerprint density at radius 3 is 1.72 bits per heavy atom. The number of alkyl halides is 6. The smallest absolute Gasteiger partial charge is 0.408 e. The summed E-state index contributed by atoms with van der Waals surface area (Å²) in [5.74, 6) is -0.459. The Balaban J connectivity index is 1.37. The Morgan fingerprint density at radius 1 is 0.733 bits per heavy atom. The summed E-state index contributed by atoms with van der Waals surface area (Å²) in [6, 6.07) is 7.41. The minimum absolute atomic E-state index is 0.0207. The van der Waals surface area contributed by atoms with Crippen LogP contribution in [0.15, 0.2) is 36.4 Å². The molecule has 0 saturated heterocycles. The van der Waals surface area contributed by atoms with Crippen LogP contribution < -0.4 is 25.4 Å². The number of aromatic nitrogens is 4. The average Bonchev–Trinajstić information content (AvgIpc) is 3.87. The molecular weight excluding hydrogens is 1030 g/mol. The third-order valence-electron chi connectivity index (χ3n) is 14.9. The molecule has 1 atom stereocenters. The van der Waals surface area contributed by atoms with Crippen molar-refractivity contribution in [3.05, 3.63) is 64.5 Å². The van der Waals surface area contributed by atoms with Crippen LogP contribution in [0.3, 0.4) is 0 Å². The summed E-state index contributed by atoms with van der Waals surface area (Å²) in [6.45, 7) is 7.72. The molecule has 2 aliphatic rings. The third-order valence-corrected chi connectivity index (χ3v) is 18.3. The predicted octanol–water partition coefficient (Wildman–Crippen LogP) is 9.55. The second-order valence-electron chi connectivity index (χ2n) is 20.9. The lowest BCUT2D eigenvalue weighted by Gasteiger charge is -2.28. The number of halogens is 6. The van der Waals surface area contributed by atoms with Gasteiger partial charge in [0.1, 0.15) is 37.2 Å². The standard InChI is InChI=1S/C52H71F6N7O8S2/c1-10-64-47(40-24-18-36(27-43(40)73-7)61-32(3)51(53,54)55)41(45(63-64)49(67)60-30-34-15-21-38(22-16-34)75(9,70)71)12-11-25-65-46(39-23-17-35(26-42(39)72-6)28-50(4,5)52(56,57)58)31(2)44(62-65)48(66)59-29-33-13-19-37(20-14-33)74(8,68)69/h17-18,23-24,26-27,32-34,37-38,61H,10-16,19-22,25,28-30H2,1-9H3,(H,59,66)(H,60,67)/t32-,33?,34?,37?,38?/m1/s1. The number of carbonyl (C=O) groups excluding carboxylic acids is 2. The van der Waals surface area contributed by atoms with Gasteiger partial charge in [0.15, 0.2) is 11.4 Å². The molecular formula is C52H71F6N7O8S2. The quantitative estimate of drug-likeness (QED) is 0.0673. The highest BCUT2D eigenvalue weighted by Crippen LogP contribution is 2.43. The molecule has 2 aromatic carbocycles. The summed E-state index contributed by atoms with van der Waals surface area (Å²) in [4.78, 5) is 28.4. The van der Waals surface area contributed by atoms with Crippen molar-refractivity contribution >= 4 is 37.2 Å². The van der Waals surface area contributed by atoms with Gasteiger partial charge in [0, 0.05) is 72.7 Å². The summed E-state index contributed by atoms with van der Waals surface area (Å²) in [7, 11) is -3.63. The van der Waals surface area contributed by atoms with Crippen molar-refractivity contribution in [2.24, 2.45) is 17.3 Å². The number of hydrogen-bond donors (Lipinski definition) is 3. The number of amides is 2. The minimum atomic E-state index is -4.53. The Bertz CT molecular complexity index is 2900. The minimum Gasteiger partial charge on any atom is -0.496 e. The van der Waals surface area contributed by atoms with Crippen LogP contribution in [0.25, 0.3) is 22.5 Å². The molecule has 416 valence electrons. The molecule has 0 aliphatic heterocycles. The van der Waals surface area contributed by atoms with Crippen LogP contribution in [0, 0.1) is 24.2 Å². The van der Waals surface area contributed by atoms with E-state index in [1.807, 2.05) is 6.92 Å². The lowest BCUT2D eigenvalue weighted by atomic mass is 9.84. The maximum atomic E-state index is 14.3. The first kappa shape index (κ1) is 58.9. The van der Waals surface area contributed by atoms with E-state index in [0.29, 0.717) is 90.6 Å². The van der Waals surface area contributed by atoms with E-state index in [1.165, 1.54) is 44.9 Å². The molecule has 15 nitrogen and oxygen atoms in total. The van der Waals surface area contributed by atoms with Gasteiger partial charge in [-0.1, -0.05) is 19.9 Å². The summed E-state index contributed by atoms with van der Waals surface area (Å²) < 4.78 is 147. The van der Waals surface area contributed by atoms with Gasteiger partial charge in [-0.05, 0) is 133 Å². The molecule has 2 aromatic heterocycles. The van der Waals surface area contributed by atoms with E-state index < -0.39 is 65.8 Å². The van der Waals surface area contributed by atoms with Crippen LogP contribution in [-0.2, 0) is 45.6 Å². The van der Waals surface area contributed by atoms with Gasteiger partial charge in [0.2, 0.25) is 0 Å². The first-order valence-corrected chi connectivity index (χ1v) is 29.2. The van der Waals surface area contributed by atoms with E-state index in [9.17, 15) is 52.8 Å². The maximum absolute atomic E-state index is 14.3. The molecule has 0 bridgehead atoms. The van der Waals surface area contributed by atoms with Crippen LogP contribution in [0.5, 0.6) is 11.5 Å². The first-order chi connectivity index (χ1) is 35.0. The number of carbonyl (C=O) groups is 2. The average molecular weight is 1100 g/mol. The molecule has 3 N–H and O–H groups in total. The molecule has 0 radical (unpaired) electrons. The van der Waals surface area contributed by atoms with Gasteiger partial charge < -0.3 is 25.4 Å². The van der Waals surface area contributed by atoms with Gasteiger partial charge in [0.05, 0.1) is 41.5 Å². The van der Waals surface area contributed by atoms with Crippen molar-refractivity contribution in [1.82, 2.24) is 30.2 Å². The number of methoxy groups -OCH3 is 2. The van der Waals surface area contributed by atoms with E-state index >= 15 is 0 Å². The number of aryl methyl sites for hydroxylation is 2. The fourth-order valence-corrected chi connectivity index (χ4v) is 12.5. The summed E-state index contributed by atoms with van der Waals surface area (Å²) in [5.41, 5.74) is 1.41. The number of anilines is 1. The van der Waals surface area contributed by atoms with Crippen LogP contribution in [0.4, 0.5) is 32.0 Å². The summed E-state index contributed by atoms with van der Waals surface area (Å²) in [5, 5.41) is 17.2. The molecule has 0 unspecified atom stereocenters. The highest BCUT2D eigenvalue weighted by Gasteiger charge is 2.47. The van der Waals surface area contributed by atoms with Crippen molar-refractivity contribution in [2.75, 3.05) is 45.1 Å². The normalized spacial score (nSPS) is 19.3. The maximum Gasteiger partial charge on any atom is 0.408 e. The lowest BCUT2D eigenvalue weighted by molar-refractivity contribution is -0.211. The zero-order chi connectivity index (χ0) is 55.4. The molecule has 2 saturated carbocycles. The molecule has 0 spiro atoms. The topological polar surface area (TPSA) is 193 Å². The van der Waals surface area contributed by atoms with Crippen molar-refractivity contribution < 1.29 is 62.2 Å². The highest BCUT2D eigenvalue weighted by atomic mass is 32.2. The number of nitrogens with zero attached hydrogens (tertiary/aromatic N) is 4. The fraction of sp³-hybridized carbons (Fsp3) is 0.615. The first-order valence-electron chi connectivity index (χ1n) is 25.3. The van der Waals surface area contributed by atoms with E-state index in [2.05, 4.69) is 16.0 Å². The van der Waals surface area contributed by atoms with Crippen molar-refractivity contribution in [2.45, 2.75) is 147 Å². The van der Waals surface area contributed by atoms with Crippen molar-refractivity contribution in [3.63, 3.8) is 0 Å². The molecule has 75 heavy (non-hydrogen) atoms. The Labute approximate surface area is 436 Å². The van der Waals surface area contributed by atoms with Gasteiger partial charge in [-0.3, -0.25) is 19.0 Å². The molecule has 4 aromatic rings. The fourth-order valence-electron chi connectivity index (χ4n) is 10.3. The van der Waals surface area contributed by atoms with Gasteiger partial charge in [0.25, 0.3) is 11.8 Å². The molecule has 2 aliphatic carbocycles. The number of hydrogen-bond acceptors (Lipinski definition) is 11. The second kappa shape index (κ2) is 23.5. The van der Waals surface area contributed by atoms with Crippen LogP contribution in [0.1, 0.15) is 123 Å². The zero-order valence-electron chi connectivity index (χ0n) is 44.1. The Kier molecular flexibility index (Phi) is 18.5. The van der Waals surface area contributed by atoms with Gasteiger partial charge in [-0.15, -0.1) is 0 Å². The summed E-state index contributed by atoms with van der Waals surface area (Å²) in [6.07, 6.45) is -2.11. The van der Waals surface area contributed by atoms with Crippen molar-refractivity contribution in [1.29, 1.82) is 0 Å². The van der Waals surface area contributed by atoms with Crippen LogP contribution in [-0.4, -0.2) is 117 Å². The van der Waals surface area contributed by atoms with Crippen LogP contribution >= 0.6 is 0 Å². The molecule has 23 heteroatoms. The van der Waals surface area contributed by atoms with Gasteiger partial charge >= 0.3 is 12.4 Å². The van der Waals surface area contributed by atoms with E-state index in [0.717, 1.165) is 20.8 Å². The lowest BCUT2D eigenvalue weighted by Crippen LogP contribution is -2.34. The van der Waals surface area contributed by atoms with Gasteiger partial charge in [-0.2, -0.15) is 36.5 Å². The van der Waals surface area contributed by atoms with E-state index in [4.69, 9.17) is 19.7 Å². The number of sulfone groups is 2.